The van der Waals surface area contributed by atoms with Gasteiger partial charge in [-0.05, 0) is 57.7 Å². The lowest BCUT2D eigenvalue weighted by Crippen LogP contribution is -1.90. The first kappa shape index (κ1) is 14.9. The summed E-state index contributed by atoms with van der Waals surface area (Å²) in [5.74, 6) is 0. The lowest BCUT2D eigenvalue weighted by molar-refractivity contribution is 0.822. The van der Waals surface area contributed by atoms with E-state index in [0.29, 0.717) is 0 Å². The first-order valence-electron chi connectivity index (χ1n) is 6.16. The molecular weight excluding hydrogens is 234 g/mol. The number of benzene rings is 1. The van der Waals surface area contributed by atoms with E-state index < -0.39 is 0 Å². The quantitative estimate of drug-likeness (QED) is 0.720. The van der Waals surface area contributed by atoms with Gasteiger partial charge in [0.05, 0.1) is 5.69 Å². The third kappa shape index (κ3) is 3.65. The molecule has 0 amide bonds. The van der Waals surface area contributed by atoms with Gasteiger partial charge in [0.25, 0.3) is 0 Å². The van der Waals surface area contributed by atoms with E-state index in [1.54, 1.807) is 4.68 Å². The highest BCUT2D eigenvalue weighted by atomic mass is 15.3. The molecule has 100 valence electrons. The Morgan fingerprint density at radius 3 is 1.58 bits per heavy atom. The standard InChI is InChI=1S/C9H11N.C7H10N2/c1-7-5-4-6-8(2)9(7)10-3;1-6-4-5-7(2)9(6)8-3/h4-6H,3H2,1-2H3;4-5H,3H2,1-2H3. The summed E-state index contributed by atoms with van der Waals surface area (Å²) in [7, 11) is 0. The van der Waals surface area contributed by atoms with Crippen LogP contribution in [0.1, 0.15) is 22.5 Å². The maximum absolute atomic E-state index is 3.92. The van der Waals surface area contributed by atoms with Crippen molar-refractivity contribution < 1.29 is 0 Å². The van der Waals surface area contributed by atoms with Crippen molar-refractivity contribution in [2.24, 2.45) is 10.1 Å². The second kappa shape index (κ2) is 6.69. The van der Waals surface area contributed by atoms with Crippen LogP contribution in [0.2, 0.25) is 0 Å². The Kier molecular flexibility index (Phi) is 5.24. The van der Waals surface area contributed by atoms with E-state index in [1.807, 2.05) is 58.0 Å². The fourth-order valence-corrected chi connectivity index (χ4v) is 1.94. The summed E-state index contributed by atoms with van der Waals surface area (Å²) in [6.45, 7) is 15.0. The zero-order chi connectivity index (χ0) is 14.4. The van der Waals surface area contributed by atoms with E-state index in [0.717, 1.165) is 17.1 Å². The van der Waals surface area contributed by atoms with E-state index >= 15 is 0 Å². The molecule has 1 heterocycles. The molecule has 19 heavy (non-hydrogen) atoms. The molecule has 0 saturated carbocycles. The third-order valence-electron chi connectivity index (χ3n) is 2.97. The summed E-state index contributed by atoms with van der Waals surface area (Å²) < 4.78 is 1.81. The predicted octanol–water partition coefficient (Wildman–Crippen LogP) is 4.20. The van der Waals surface area contributed by atoms with Gasteiger partial charge < -0.3 is 0 Å². The Morgan fingerprint density at radius 2 is 1.32 bits per heavy atom. The van der Waals surface area contributed by atoms with Gasteiger partial charge in [-0.2, -0.15) is 5.10 Å². The molecule has 1 aromatic heterocycles. The average Bonchev–Trinajstić information content (AvgIpc) is 2.69. The van der Waals surface area contributed by atoms with Crippen molar-refractivity contribution in [3.8, 4) is 0 Å². The average molecular weight is 255 g/mol. The van der Waals surface area contributed by atoms with Crippen molar-refractivity contribution in [2.75, 3.05) is 0 Å². The van der Waals surface area contributed by atoms with Gasteiger partial charge in [-0.1, -0.05) is 18.2 Å². The Hall–Kier alpha value is -2.16. The Labute approximate surface area is 115 Å². The zero-order valence-corrected chi connectivity index (χ0v) is 12.1. The van der Waals surface area contributed by atoms with E-state index in [9.17, 15) is 0 Å². The van der Waals surface area contributed by atoms with Crippen LogP contribution in [0.3, 0.4) is 0 Å². The molecule has 0 atom stereocenters. The number of aromatic nitrogens is 1. The fraction of sp³-hybridized carbons (Fsp3) is 0.250. The number of para-hydroxylation sites is 1. The largest absolute Gasteiger partial charge is 0.264 e. The van der Waals surface area contributed by atoms with Crippen LogP contribution >= 0.6 is 0 Å². The molecule has 0 fully saturated rings. The van der Waals surface area contributed by atoms with Gasteiger partial charge in [0.15, 0.2) is 0 Å². The maximum Gasteiger partial charge on any atom is 0.0680 e. The minimum absolute atomic E-state index is 1.02. The van der Waals surface area contributed by atoms with Gasteiger partial charge in [0.1, 0.15) is 0 Å². The highest BCUT2D eigenvalue weighted by Crippen LogP contribution is 2.21. The van der Waals surface area contributed by atoms with Gasteiger partial charge in [-0.15, -0.1) is 0 Å². The van der Waals surface area contributed by atoms with Crippen molar-refractivity contribution in [3.05, 3.63) is 52.8 Å². The second-order valence-corrected chi connectivity index (χ2v) is 4.47. The molecular formula is C16H21N3. The minimum atomic E-state index is 1.02. The molecule has 0 spiro atoms. The summed E-state index contributed by atoms with van der Waals surface area (Å²) in [6, 6.07) is 10.1. The van der Waals surface area contributed by atoms with Crippen LogP contribution in [-0.4, -0.2) is 18.1 Å². The summed E-state index contributed by atoms with van der Waals surface area (Å²) in [6.07, 6.45) is 0. The second-order valence-electron chi connectivity index (χ2n) is 4.47. The van der Waals surface area contributed by atoms with Gasteiger partial charge in [-0.3, -0.25) is 4.99 Å². The van der Waals surface area contributed by atoms with Crippen LogP contribution in [0, 0.1) is 27.7 Å². The van der Waals surface area contributed by atoms with E-state index in [2.05, 4.69) is 23.5 Å². The number of nitrogens with zero attached hydrogens (tertiary/aromatic N) is 3. The molecule has 2 aromatic rings. The Balaban J connectivity index is 0.000000191. The summed E-state index contributed by atoms with van der Waals surface area (Å²) in [5.41, 5.74) is 5.65. The minimum Gasteiger partial charge on any atom is -0.264 e. The van der Waals surface area contributed by atoms with Crippen LogP contribution in [0.5, 0.6) is 0 Å². The first-order valence-corrected chi connectivity index (χ1v) is 6.16. The predicted molar refractivity (Wildman–Crippen MR) is 84.0 cm³/mol. The van der Waals surface area contributed by atoms with Crippen LogP contribution in [0.15, 0.2) is 40.4 Å². The fourth-order valence-electron chi connectivity index (χ4n) is 1.94. The first-order chi connectivity index (χ1) is 9.01. The van der Waals surface area contributed by atoms with Crippen LogP contribution in [-0.2, 0) is 0 Å². The van der Waals surface area contributed by atoms with Crippen LogP contribution in [0.4, 0.5) is 5.69 Å². The molecule has 0 aliphatic carbocycles. The monoisotopic (exact) mass is 255 g/mol. The van der Waals surface area contributed by atoms with Crippen molar-refractivity contribution in [1.29, 1.82) is 0 Å². The molecule has 3 heteroatoms. The van der Waals surface area contributed by atoms with Crippen LogP contribution in [0.25, 0.3) is 0 Å². The molecule has 1 aromatic carbocycles. The number of hydrogen-bond acceptors (Lipinski definition) is 2. The molecule has 2 rings (SSSR count). The SMILES string of the molecule is C=Nc1c(C)cccc1C.C=Nn1c(C)ccc1C. The van der Waals surface area contributed by atoms with Crippen LogP contribution < -0.4 is 0 Å². The molecule has 0 aliphatic rings. The molecule has 0 saturated heterocycles. The summed E-state index contributed by atoms with van der Waals surface area (Å²) in [4.78, 5) is 3.92. The molecule has 3 nitrogen and oxygen atoms in total. The lowest BCUT2D eigenvalue weighted by Gasteiger charge is -2.01. The van der Waals surface area contributed by atoms with Gasteiger partial charge in [-0.25, -0.2) is 4.68 Å². The number of aryl methyl sites for hydroxylation is 4. The molecule has 0 aliphatic heterocycles. The summed E-state index contributed by atoms with van der Waals surface area (Å²) in [5, 5.41) is 3.80. The van der Waals surface area contributed by atoms with E-state index in [4.69, 9.17) is 0 Å². The Bertz CT molecular complexity index is 540. The highest BCUT2D eigenvalue weighted by Gasteiger charge is 1.96. The molecule has 0 N–H and O–H groups in total. The van der Waals surface area contributed by atoms with Gasteiger partial charge in [0.2, 0.25) is 0 Å². The number of hydrogen-bond donors (Lipinski definition) is 0. The number of rotatable bonds is 2. The van der Waals surface area contributed by atoms with Crippen molar-refractivity contribution in [1.82, 2.24) is 4.68 Å². The van der Waals surface area contributed by atoms with Crippen molar-refractivity contribution in [2.45, 2.75) is 27.7 Å². The number of aliphatic imine (C=N–C) groups is 1. The van der Waals surface area contributed by atoms with Crippen molar-refractivity contribution >= 4 is 19.1 Å². The zero-order valence-electron chi connectivity index (χ0n) is 12.1. The van der Waals surface area contributed by atoms with Crippen molar-refractivity contribution in [3.63, 3.8) is 0 Å². The van der Waals surface area contributed by atoms with Gasteiger partial charge >= 0.3 is 0 Å². The van der Waals surface area contributed by atoms with E-state index in [-0.39, 0.29) is 0 Å². The van der Waals surface area contributed by atoms with Gasteiger partial charge in [0, 0.05) is 18.1 Å². The molecule has 0 bridgehead atoms. The summed E-state index contributed by atoms with van der Waals surface area (Å²) >= 11 is 0. The Morgan fingerprint density at radius 1 is 0.842 bits per heavy atom. The topological polar surface area (TPSA) is 29.6 Å². The highest BCUT2D eigenvalue weighted by molar-refractivity contribution is 5.55. The molecule has 0 unspecified atom stereocenters. The normalized spacial score (nSPS) is 9.47. The lowest BCUT2D eigenvalue weighted by atomic mass is 10.1. The maximum atomic E-state index is 3.92. The third-order valence-corrected chi connectivity index (χ3v) is 2.97. The van der Waals surface area contributed by atoms with E-state index in [1.165, 1.54) is 11.1 Å². The smallest absolute Gasteiger partial charge is 0.0680 e. The molecule has 0 radical (unpaired) electrons.